The maximum absolute atomic E-state index is 10.9. The Balaban J connectivity index is 4.79. The van der Waals surface area contributed by atoms with E-state index < -0.39 is 0 Å². The van der Waals surface area contributed by atoms with Gasteiger partial charge in [-0.15, -0.1) is 0 Å². The quantitative estimate of drug-likeness (QED) is 0.350. The Morgan fingerprint density at radius 2 is 1.73 bits per heavy atom. The van der Waals surface area contributed by atoms with E-state index in [1.165, 1.54) is 6.92 Å². The lowest BCUT2D eigenvalue weighted by Crippen LogP contribution is -2.00. The molecule has 2 heteroatoms. The SMILES string of the molecule is C/C=C(C=O)\C(=C/C)C(C)=O. The summed E-state index contributed by atoms with van der Waals surface area (Å²) in [6.07, 6.45) is 3.96. The summed E-state index contributed by atoms with van der Waals surface area (Å²) >= 11 is 0. The molecule has 0 atom stereocenters. The van der Waals surface area contributed by atoms with Gasteiger partial charge in [-0.25, -0.2) is 0 Å². The Morgan fingerprint density at radius 1 is 1.18 bits per heavy atom. The average molecular weight is 152 g/mol. The molecule has 0 heterocycles. The molecule has 0 amide bonds. The molecule has 0 aromatic carbocycles. The zero-order valence-electron chi connectivity index (χ0n) is 7.05. The minimum Gasteiger partial charge on any atom is -0.298 e. The second-order valence-corrected chi connectivity index (χ2v) is 2.12. The fourth-order valence-electron chi connectivity index (χ4n) is 0.860. The average Bonchev–Trinajstić information content (AvgIpc) is 1.99. The first-order valence-corrected chi connectivity index (χ1v) is 3.46. The normalized spacial score (nSPS) is 13.0. The van der Waals surface area contributed by atoms with Crippen LogP contribution in [-0.4, -0.2) is 12.1 Å². The highest BCUT2D eigenvalue weighted by Crippen LogP contribution is 2.07. The Bertz CT molecular complexity index is 222. The van der Waals surface area contributed by atoms with Crippen molar-refractivity contribution in [2.45, 2.75) is 20.8 Å². The Hall–Kier alpha value is -1.18. The summed E-state index contributed by atoms with van der Waals surface area (Å²) in [5, 5.41) is 0. The van der Waals surface area contributed by atoms with E-state index in [1.807, 2.05) is 0 Å². The molecule has 2 nitrogen and oxygen atoms in total. The molecule has 0 rings (SSSR count). The predicted molar refractivity (Wildman–Crippen MR) is 44.3 cm³/mol. The first kappa shape index (κ1) is 9.82. The first-order valence-electron chi connectivity index (χ1n) is 3.46. The van der Waals surface area contributed by atoms with Gasteiger partial charge >= 0.3 is 0 Å². The summed E-state index contributed by atoms with van der Waals surface area (Å²) in [6.45, 7) is 4.92. The fraction of sp³-hybridized carbons (Fsp3) is 0.333. The molecular weight excluding hydrogens is 140 g/mol. The minimum atomic E-state index is -0.0762. The van der Waals surface area contributed by atoms with Crippen molar-refractivity contribution in [2.24, 2.45) is 0 Å². The van der Waals surface area contributed by atoms with Crippen molar-refractivity contribution in [2.75, 3.05) is 0 Å². The maximum Gasteiger partial charge on any atom is 0.160 e. The second kappa shape index (κ2) is 4.61. The first-order chi connectivity index (χ1) is 5.17. The highest BCUT2D eigenvalue weighted by Gasteiger charge is 2.05. The van der Waals surface area contributed by atoms with Gasteiger partial charge in [0.2, 0.25) is 0 Å². The van der Waals surface area contributed by atoms with Crippen LogP contribution in [-0.2, 0) is 9.59 Å². The van der Waals surface area contributed by atoms with E-state index in [9.17, 15) is 9.59 Å². The molecule has 0 aliphatic carbocycles. The lowest BCUT2D eigenvalue weighted by atomic mass is 10.0. The highest BCUT2D eigenvalue weighted by molar-refractivity contribution is 6.04. The van der Waals surface area contributed by atoms with Crippen molar-refractivity contribution in [1.29, 1.82) is 0 Å². The zero-order chi connectivity index (χ0) is 8.85. The number of carbonyl (C=O) groups is 2. The number of hydrogen-bond acceptors (Lipinski definition) is 2. The summed E-state index contributed by atoms with van der Waals surface area (Å²) < 4.78 is 0. The van der Waals surface area contributed by atoms with Crippen LogP contribution in [0.15, 0.2) is 23.3 Å². The van der Waals surface area contributed by atoms with Gasteiger partial charge in [0.05, 0.1) is 0 Å². The summed E-state index contributed by atoms with van der Waals surface area (Å²) in [6, 6.07) is 0. The van der Waals surface area contributed by atoms with Crippen LogP contribution < -0.4 is 0 Å². The monoisotopic (exact) mass is 152 g/mol. The standard InChI is InChI=1S/C9H12O2/c1-4-8(6-10)9(5-2)7(3)11/h4-6H,1-3H3/b8-4-,9-5-. The summed E-state index contributed by atoms with van der Waals surface area (Å²) in [5.74, 6) is -0.0762. The van der Waals surface area contributed by atoms with E-state index >= 15 is 0 Å². The third-order valence-electron chi connectivity index (χ3n) is 1.42. The van der Waals surface area contributed by atoms with Crippen LogP contribution in [0.1, 0.15) is 20.8 Å². The number of Topliss-reactive ketones (excluding diaryl/α,β-unsaturated/α-hetero) is 1. The van der Waals surface area contributed by atoms with Crippen molar-refractivity contribution in [3.8, 4) is 0 Å². The molecule has 11 heavy (non-hydrogen) atoms. The maximum atomic E-state index is 10.9. The molecule has 0 radical (unpaired) electrons. The van der Waals surface area contributed by atoms with Gasteiger partial charge in [0.15, 0.2) is 5.78 Å². The smallest absolute Gasteiger partial charge is 0.160 e. The van der Waals surface area contributed by atoms with Crippen molar-refractivity contribution in [3.63, 3.8) is 0 Å². The molecule has 0 N–H and O–H groups in total. The molecule has 0 aromatic heterocycles. The van der Waals surface area contributed by atoms with Crippen LogP contribution >= 0.6 is 0 Å². The van der Waals surface area contributed by atoms with Gasteiger partial charge in [0.25, 0.3) is 0 Å². The number of aldehydes is 1. The minimum absolute atomic E-state index is 0.0762. The number of ketones is 1. The largest absolute Gasteiger partial charge is 0.298 e. The van der Waals surface area contributed by atoms with Gasteiger partial charge in [-0.05, 0) is 20.8 Å². The summed E-state index contributed by atoms with van der Waals surface area (Å²) in [5.41, 5.74) is 0.947. The topological polar surface area (TPSA) is 34.1 Å². The molecule has 0 aromatic rings. The Kier molecular flexibility index (Phi) is 4.11. The molecule has 60 valence electrons. The van der Waals surface area contributed by atoms with Crippen LogP contribution in [0.2, 0.25) is 0 Å². The van der Waals surface area contributed by atoms with Gasteiger partial charge in [0.1, 0.15) is 6.29 Å². The van der Waals surface area contributed by atoms with Crippen LogP contribution in [0.3, 0.4) is 0 Å². The van der Waals surface area contributed by atoms with E-state index in [0.717, 1.165) is 0 Å². The van der Waals surface area contributed by atoms with E-state index in [2.05, 4.69) is 0 Å². The van der Waals surface area contributed by atoms with E-state index in [4.69, 9.17) is 0 Å². The predicted octanol–water partition coefficient (Wildman–Crippen LogP) is 1.67. The molecule has 0 saturated carbocycles. The van der Waals surface area contributed by atoms with Gasteiger partial charge in [-0.3, -0.25) is 9.59 Å². The van der Waals surface area contributed by atoms with Crippen LogP contribution in [0.5, 0.6) is 0 Å². The van der Waals surface area contributed by atoms with E-state index in [0.29, 0.717) is 17.4 Å². The molecule has 0 aliphatic rings. The molecule has 0 fully saturated rings. The molecule has 0 saturated heterocycles. The summed E-state index contributed by atoms with van der Waals surface area (Å²) in [7, 11) is 0. The molecular formula is C9H12O2. The second-order valence-electron chi connectivity index (χ2n) is 2.12. The molecule has 0 unspecified atom stereocenters. The lowest BCUT2D eigenvalue weighted by molar-refractivity contribution is -0.114. The van der Waals surface area contributed by atoms with Gasteiger partial charge in [-0.2, -0.15) is 0 Å². The highest BCUT2D eigenvalue weighted by atomic mass is 16.1. The van der Waals surface area contributed by atoms with E-state index in [1.54, 1.807) is 26.0 Å². The van der Waals surface area contributed by atoms with E-state index in [-0.39, 0.29) is 5.78 Å². The van der Waals surface area contributed by atoms with Gasteiger partial charge in [0, 0.05) is 11.1 Å². The van der Waals surface area contributed by atoms with Gasteiger partial charge < -0.3 is 0 Å². The van der Waals surface area contributed by atoms with Crippen LogP contribution in [0.25, 0.3) is 0 Å². The molecule has 0 bridgehead atoms. The third kappa shape index (κ3) is 2.50. The zero-order valence-corrected chi connectivity index (χ0v) is 7.05. The van der Waals surface area contributed by atoms with Crippen LogP contribution in [0.4, 0.5) is 0 Å². The Morgan fingerprint density at radius 3 is 1.82 bits per heavy atom. The number of allylic oxidation sites excluding steroid dienone is 4. The van der Waals surface area contributed by atoms with Crippen molar-refractivity contribution < 1.29 is 9.59 Å². The number of rotatable bonds is 3. The lowest BCUT2D eigenvalue weighted by Gasteiger charge is -1.98. The third-order valence-corrected chi connectivity index (χ3v) is 1.42. The number of hydrogen-bond donors (Lipinski definition) is 0. The number of carbonyl (C=O) groups excluding carboxylic acids is 2. The van der Waals surface area contributed by atoms with Crippen molar-refractivity contribution >= 4 is 12.1 Å². The Labute approximate surface area is 66.6 Å². The van der Waals surface area contributed by atoms with Crippen LogP contribution in [0, 0.1) is 0 Å². The fourth-order valence-corrected chi connectivity index (χ4v) is 0.860. The van der Waals surface area contributed by atoms with Gasteiger partial charge in [-0.1, -0.05) is 12.2 Å². The molecule has 0 spiro atoms. The molecule has 0 aliphatic heterocycles. The van der Waals surface area contributed by atoms with Crippen molar-refractivity contribution in [1.82, 2.24) is 0 Å². The van der Waals surface area contributed by atoms with Crippen molar-refractivity contribution in [3.05, 3.63) is 23.3 Å². The summed E-state index contributed by atoms with van der Waals surface area (Å²) in [4.78, 5) is 21.2.